The summed E-state index contributed by atoms with van der Waals surface area (Å²) in [6, 6.07) is 0. The summed E-state index contributed by atoms with van der Waals surface area (Å²) in [7, 11) is 0. The molecule has 0 atom stereocenters. The number of nitrogens with zero attached hydrogens (tertiary/aromatic N) is 2. The van der Waals surface area contributed by atoms with Crippen LogP contribution in [-0.4, -0.2) is 28.9 Å². The summed E-state index contributed by atoms with van der Waals surface area (Å²) in [4.78, 5) is 16.4. The molecule has 0 aliphatic carbocycles. The summed E-state index contributed by atoms with van der Waals surface area (Å²) in [5, 5.41) is 0.366. The minimum Gasteiger partial charge on any atom is -0.311 e. The summed E-state index contributed by atoms with van der Waals surface area (Å²) < 4.78 is 0. The summed E-state index contributed by atoms with van der Waals surface area (Å²) in [6.45, 7) is 0.584. The van der Waals surface area contributed by atoms with E-state index in [9.17, 15) is 4.79 Å². The highest BCUT2D eigenvalue weighted by molar-refractivity contribution is 9.09. The van der Waals surface area contributed by atoms with Gasteiger partial charge in [0.2, 0.25) is 5.91 Å². The van der Waals surface area contributed by atoms with Crippen molar-refractivity contribution in [2.75, 3.05) is 11.9 Å². The Balaban J connectivity index is 2.51. The molecule has 1 aliphatic heterocycles. The van der Waals surface area contributed by atoms with Crippen LogP contribution >= 0.6 is 15.9 Å². The first-order chi connectivity index (χ1) is 4.84. The van der Waals surface area contributed by atoms with E-state index in [0.717, 1.165) is 0 Å². The van der Waals surface area contributed by atoms with Gasteiger partial charge in [-0.15, -0.1) is 0 Å². The Labute approximate surface area is 67.6 Å². The van der Waals surface area contributed by atoms with Gasteiger partial charge in [-0.05, 0) is 0 Å². The number of alkyl halides is 1. The quantitative estimate of drug-likeness (QED) is 0.579. The Hall–Kier alpha value is -0.640. The second-order valence-corrected chi connectivity index (χ2v) is 2.37. The molecule has 1 rings (SSSR count). The molecule has 0 radical (unpaired) electrons. The zero-order valence-electron chi connectivity index (χ0n) is 5.33. The van der Waals surface area contributed by atoms with Gasteiger partial charge in [0.1, 0.15) is 0 Å². The van der Waals surface area contributed by atoms with Crippen molar-refractivity contribution in [3.05, 3.63) is 12.4 Å². The third-order valence-corrected chi connectivity index (χ3v) is 1.63. The molecule has 54 valence electrons. The highest BCUT2D eigenvalue weighted by atomic mass is 79.9. The lowest BCUT2D eigenvalue weighted by Crippen LogP contribution is -2.29. The Morgan fingerprint density at radius 1 is 1.80 bits per heavy atom. The maximum absolute atomic E-state index is 10.9. The minimum atomic E-state index is 0.0578. The average Bonchev–Trinajstić information content (AvgIpc) is 2.05. The first kappa shape index (κ1) is 7.47. The molecule has 3 nitrogen and oxygen atoms in total. The maximum atomic E-state index is 10.9. The van der Waals surface area contributed by atoms with Crippen molar-refractivity contribution >= 4 is 28.1 Å². The molecule has 0 N–H and O–H groups in total. The number of carbonyl (C=O) groups excluding carboxylic acids is 1. The van der Waals surface area contributed by atoms with Gasteiger partial charge in [0.05, 0.1) is 11.9 Å². The minimum absolute atomic E-state index is 0.0578. The van der Waals surface area contributed by atoms with E-state index in [1.54, 1.807) is 23.5 Å². The second kappa shape index (κ2) is 3.51. The van der Waals surface area contributed by atoms with Crippen molar-refractivity contribution in [2.45, 2.75) is 0 Å². The SMILES string of the molecule is O=C(CBr)N1C=CN=CC1. The van der Waals surface area contributed by atoms with Gasteiger partial charge in [-0.25, -0.2) is 0 Å². The maximum Gasteiger partial charge on any atom is 0.237 e. The number of hydrogen-bond donors (Lipinski definition) is 0. The zero-order valence-corrected chi connectivity index (χ0v) is 6.91. The molecule has 0 saturated carbocycles. The Kier molecular flexibility index (Phi) is 2.62. The highest BCUT2D eigenvalue weighted by Gasteiger charge is 2.07. The van der Waals surface area contributed by atoms with E-state index in [1.165, 1.54) is 0 Å². The van der Waals surface area contributed by atoms with Crippen molar-refractivity contribution in [3.8, 4) is 0 Å². The van der Waals surface area contributed by atoms with Crippen LogP contribution < -0.4 is 0 Å². The molecule has 0 fully saturated rings. The molecule has 0 saturated heterocycles. The number of hydrogen-bond acceptors (Lipinski definition) is 2. The van der Waals surface area contributed by atoms with Crippen LogP contribution in [0.1, 0.15) is 0 Å². The van der Waals surface area contributed by atoms with Gasteiger partial charge < -0.3 is 4.90 Å². The smallest absolute Gasteiger partial charge is 0.237 e. The molecular formula is C6H7BrN2O. The average molecular weight is 203 g/mol. The number of carbonyl (C=O) groups is 1. The van der Waals surface area contributed by atoms with Gasteiger partial charge in [-0.1, -0.05) is 15.9 Å². The third kappa shape index (κ3) is 1.67. The van der Waals surface area contributed by atoms with Crippen LogP contribution in [0.25, 0.3) is 0 Å². The van der Waals surface area contributed by atoms with Gasteiger partial charge in [-0.2, -0.15) is 0 Å². The fourth-order valence-electron chi connectivity index (χ4n) is 0.637. The molecule has 1 heterocycles. The van der Waals surface area contributed by atoms with Crippen LogP contribution in [0.3, 0.4) is 0 Å². The Bertz CT molecular complexity index is 188. The van der Waals surface area contributed by atoms with E-state index in [-0.39, 0.29) is 5.91 Å². The van der Waals surface area contributed by atoms with Crippen molar-refractivity contribution in [1.29, 1.82) is 0 Å². The van der Waals surface area contributed by atoms with Crippen molar-refractivity contribution in [1.82, 2.24) is 4.90 Å². The number of aliphatic imine (C=N–C) groups is 1. The standard InChI is InChI=1S/C6H7BrN2O/c7-5-6(10)9-3-1-8-2-4-9/h1-3H,4-5H2. The molecule has 0 aromatic rings. The van der Waals surface area contributed by atoms with Gasteiger partial charge in [0, 0.05) is 18.6 Å². The summed E-state index contributed by atoms with van der Waals surface area (Å²) in [5.41, 5.74) is 0. The first-order valence-electron chi connectivity index (χ1n) is 2.88. The molecule has 0 bridgehead atoms. The van der Waals surface area contributed by atoms with Crippen LogP contribution in [0, 0.1) is 0 Å². The topological polar surface area (TPSA) is 32.7 Å². The van der Waals surface area contributed by atoms with Crippen molar-refractivity contribution in [3.63, 3.8) is 0 Å². The van der Waals surface area contributed by atoms with Crippen LogP contribution in [0.2, 0.25) is 0 Å². The molecule has 0 spiro atoms. The molecule has 4 heteroatoms. The van der Waals surface area contributed by atoms with Gasteiger partial charge in [0.15, 0.2) is 0 Å². The largest absolute Gasteiger partial charge is 0.311 e. The number of amides is 1. The molecular weight excluding hydrogens is 196 g/mol. The molecule has 1 aliphatic rings. The van der Waals surface area contributed by atoms with Gasteiger partial charge in [0.25, 0.3) is 0 Å². The second-order valence-electron chi connectivity index (χ2n) is 1.81. The fourth-order valence-corrected chi connectivity index (χ4v) is 0.960. The van der Waals surface area contributed by atoms with Crippen LogP contribution in [0.4, 0.5) is 0 Å². The van der Waals surface area contributed by atoms with E-state index >= 15 is 0 Å². The summed E-state index contributed by atoms with van der Waals surface area (Å²) in [5.74, 6) is 0.0578. The lowest BCUT2D eigenvalue weighted by molar-refractivity contribution is -0.125. The molecule has 0 aromatic heterocycles. The molecule has 10 heavy (non-hydrogen) atoms. The van der Waals surface area contributed by atoms with E-state index in [2.05, 4.69) is 20.9 Å². The lowest BCUT2D eigenvalue weighted by atomic mass is 10.5. The zero-order chi connectivity index (χ0) is 7.40. The predicted octanol–water partition coefficient (Wildman–Crippen LogP) is 0.766. The third-order valence-electron chi connectivity index (χ3n) is 1.15. The van der Waals surface area contributed by atoms with E-state index in [4.69, 9.17) is 0 Å². The van der Waals surface area contributed by atoms with E-state index < -0.39 is 0 Å². The number of halogens is 1. The van der Waals surface area contributed by atoms with Crippen molar-refractivity contribution in [2.24, 2.45) is 4.99 Å². The monoisotopic (exact) mass is 202 g/mol. The first-order valence-corrected chi connectivity index (χ1v) is 4.00. The van der Waals surface area contributed by atoms with E-state index in [1.807, 2.05) is 0 Å². The molecule has 0 aromatic carbocycles. The summed E-state index contributed by atoms with van der Waals surface area (Å²) >= 11 is 3.08. The fraction of sp³-hybridized carbons (Fsp3) is 0.333. The van der Waals surface area contributed by atoms with Gasteiger partial charge in [-0.3, -0.25) is 9.79 Å². The van der Waals surface area contributed by atoms with Crippen molar-refractivity contribution < 1.29 is 4.79 Å². The molecule has 0 unspecified atom stereocenters. The Morgan fingerprint density at radius 2 is 2.60 bits per heavy atom. The normalized spacial score (nSPS) is 15.9. The lowest BCUT2D eigenvalue weighted by Gasteiger charge is -2.15. The van der Waals surface area contributed by atoms with Gasteiger partial charge >= 0.3 is 0 Å². The highest BCUT2D eigenvalue weighted by Crippen LogP contribution is 1.97. The predicted molar refractivity (Wildman–Crippen MR) is 43.1 cm³/mol. The molecule has 1 amide bonds. The number of rotatable bonds is 1. The van der Waals surface area contributed by atoms with Crippen LogP contribution in [0.5, 0.6) is 0 Å². The van der Waals surface area contributed by atoms with E-state index in [0.29, 0.717) is 11.9 Å². The summed E-state index contributed by atoms with van der Waals surface area (Å²) in [6.07, 6.45) is 4.97. The Morgan fingerprint density at radius 3 is 3.10 bits per heavy atom. The van der Waals surface area contributed by atoms with Crippen LogP contribution in [-0.2, 0) is 4.79 Å². The van der Waals surface area contributed by atoms with Crippen LogP contribution in [0.15, 0.2) is 17.4 Å².